The van der Waals surface area contributed by atoms with Gasteiger partial charge in [-0.25, -0.2) is 19.2 Å². The first-order chi connectivity index (χ1) is 19.5. The molecule has 1 unspecified atom stereocenters. The molecule has 0 spiro atoms. The average Bonchev–Trinajstić information content (AvgIpc) is 3.50. The van der Waals surface area contributed by atoms with Crippen LogP contribution >= 0.6 is 7.75 Å². The highest BCUT2D eigenvalue weighted by Crippen LogP contribution is 2.48. The van der Waals surface area contributed by atoms with Crippen LogP contribution in [0.15, 0.2) is 48.8 Å². The molecular weight excluding hydrogens is 557 g/mol. The third-order valence-electron chi connectivity index (χ3n) is 6.50. The summed E-state index contributed by atoms with van der Waals surface area (Å²) in [5.41, 5.74) is 10.2. The molecule has 1 saturated heterocycles. The zero-order chi connectivity index (χ0) is 29.8. The summed E-state index contributed by atoms with van der Waals surface area (Å²) in [6.07, 6.45) is -3.37. The van der Waals surface area contributed by atoms with E-state index in [1.165, 1.54) is 23.0 Å². The minimum Gasteiger partial charge on any atom is -0.463 e. The normalized spacial score (nSPS) is 24.6. The highest BCUT2D eigenvalue weighted by atomic mass is 31.2. The van der Waals surface area contributed by atoms with Gasteiger partial charge >= 0.3 is 13.7 Å². The third kappa shape index (κ3) is 6.50. The Morgan fingerprint density at radius 1 is 1.29 bits per heavy atom. The van der Waals surface area contributed by atoms with Crippen molar-refractivity contribution in [1.29, 1.82) is 5.26 Å². The number of benzene rings is 1. The van der Waals surface area contributed by atoms with E-state index in [0.29, 0.717) is 11.2 Å². The predicted octanol–water partition coefficient (Wildman–Crippen LogP) is 0.687. The van der Waals surface area contributed by atoms with Gasteiger partial charge in [0, 0.05) is 6.54 Å². The summed E-state index contributed by atoms with van der Waals surface area (Å²) in [7, 11) is -4.26. The van der Waals surface area contributed by atoms with Gasteiger partial charge in [-0.1, -0.05) is 32.0 Å². The number of aliphatic hydroxyl groups is 2. The molecule has 0 aliphatic carbocycles. The highest BCUT2D eigenvalue weighted by Gasteiger charge is 2.57. The highest BCUT2D eigenvalue weighted by molar-refractivity contribution is 7.52. The first-order valence-electron chi connectivity index (χ1n) is 12.7. The second kappa shape index (κ2) is 12.5. The maximum atomic E-state index is 13.7. The van der Waals surface area contributed by atoms with Gasteiger partial charge in [0.25, 0.3) is 0 Å². The van der Waals surface area contributed by atoms with Crippen molar-refractivity contribution in [2.45, 2.75) is 43.8 Å². The Morgan fingerprint density at radius 2 is 2.02 bits per heavy atom. The number of esters is 1. The van der Waals surface area contributed by atoms with Crippen molar-refractivity contribution >= 4 is 25.1 Å². The predicted molar refractivity (Wildman–Crippen MR) is 144 cm³/mol. The summed E-state index contributed by atoms with van der Waals surface area (Å²) in [4.78, 5) is 16.0. The summed E-state index contributed by atoms with van der Waals surface area (Å²) < 4.78 is 37.3. The Labute approximate surface area is 235 Å². The molecule has 1 fully saturated rings. The van der Waals surface area contributed by atoms with Gasteiger partial charge in [-0.15, -0.1) is 0 Å². The lowest BCUT2D eigenvalue weighted by Gasteiger charge is -2.27. The fraction of sp³-hybridized carbons (Fsp3) is 0.440. The van der Waals surface area contributed by atoms with E-state index in [-0.39, 0.29) is 30.6 Å². The smallest absolute Gasteiger partial charge is 0.458 e. The summed E-state index contributed by atoms with van der Waals surface area (Å²) in [5, 5.41) is 38.5. The summed E-state index contributed by atoms with van der Waals surface area (Å²) in [6.45, 7) is 2.41. The molecule has 220 valence electrons. The van der Waals surface area contributed by atoms with Crippen LogP contribution in [0.25, 0.3) is 5.52 Å². The second-order valence-corrected chi connectivity index (χ2v) is 11.4. The molecule has 0 radical (unpaired) electrons. The van der Waals surface area contributed by atoms with Crippen LogP contribution in [0.3, 0.4) is 0 Å². The number of hydrogen-bond acceptors (Lipinski definition) is 13. The quantitative estimate of drug-likeness (QED) is 0.111. The lowest BCUT2D eigenvalue weighted by molar-refractivity contribution is -0.146. The zero-order valence-corrected chi connectivity index (χ0v) is 23.3. The Hall–Kier alpha value is -3.61. The number of ether oxygens (including phenoxy) is 2. The fourth-order valence-electron chi connectivity index (χ4n) is 4.08. The molecular formula is C25H32N7O8P. The van der Waals surface area contributed by atoms with Crippen LogP contribution in [0.1, 0.15) is 25.6 Å². The van der Waals surface area contributed by atoms with Gasteiger partial charge in [0.05, 0.1) is 5.69 Å². The standard InChI is InChI=1S/C25H32N7O8P/c1-15(2)19(27)24(35)37-11-10-31-41(36,40-16-6-4-3-5-7-16)38-13-25(12-26)22(34)20(33)21(39-25)17-8-9-18-23(28)29-14-30-32(17)18/h3-9,14-15,19-22,33-34H,10-11,13,27H2,1-2H3,(H,31,36)(H2,28,29,30)/t19-,20-,21-,22-,25+,41?/m0/s1. The molecule has 1 aliphatic rings. The molecule has 2 aromatic heterocycles. The molecule has 15 nitrogen and oxygen atoms in total. The first-order valence-corrected chi connectivity index (χ1v) is 14.2. The molecule has 0 bridgehead atoms. The number of nitriles is 1. The molecule has 3 aromatic rings. The number of nitrogen functional groups attached to an aromatic ring is 1. The Balaban J connectivity index is 1.50. The number of carbonyl (C=O) groups is 1. The summed E-state index contributed by atoms with van der Waals surface area (Å²) >= 11 is 0. The summed E-state index contributed by atoms with van der Waals surface area (Å²) in [5.74, 6) is -0.413. The van der Waals surface area contributed by atoms with E-state index in [9.17, 15) is 24.8 Å². The Bertz CT molecular complexity index is 1450. The monoisotopic (exact) mass is 589 g/mol. The van der Waals surface area contributed by atoms with Crippen molar-refractivity contribution < 1.29 is 38.1 Å². The van der Waals surface area contributed by atoms with Gasteiger partial charge in [-0.2, -0.15) is 10.4 Å². The minimum absolute atomic E-state index is 0.139. The van der Waals surface area contributed by atoms with Crippen LogP contribution in [0.2, 0.25) is 0 Å². The lowest BCUT2D eigenvalue weighted by atomic mass is 9.96. The minimum atomic E-state index is -4.26. The number of anilines is 1. The fourth-order valence-corrected chi connectivity index (χ4v) is 5.42. The van der Waals surface area contributed by atoms with Gasteiger partial charge in [0.1, 0.15) is 61.2 Å². The lowest BCUT2D eigenvalue weighted by Crippen LogP contribution is -2.46. The molecule has 4 rings (SSSR count). The van der Waals surface area contributed by atoms with Crippen molar-refractivity contribution in [3.8, 4) is 11.8 Å². The van der Waals surface area contributed by atoms with Crippen LogP contribution in [0, 0.1) is 17.2 Å². The largest absolute Gasteiger partial charge is 0.463 e. The van der Waals surface area contributed by atoms with Crippen molar-refractivity contribution in [2.75, 3.05) is 25.5 Å². The zero-order valence-electron chi connectivity index (χ0n) is 22.4. The van der Waals surface area contributed by atoms with Crippen molar-refractivity contribution in [2.24, 2.45) is 11.7 Å². The van der Waals surface area contributed by atoms with Crippen LogP contribution in [0.4, 0.5) is 5.82 Å². The molecule has 1 aliphatic heterocycles. The van der Waals surface area contributed by atoms with Crippen LogP contribution in [-0.2, 0) is 23.4 Å². The maximum Gasteiger partial charge on any atom is 0.458 e. The summed E-state index contributed by atoms with van der Waals surface area (Å²) in [6, 6.07) is 12.3. The average molecular weight is 590 g/mol. The second-order valence-electron chi connectivity index (χ2n) is 9.70. The van der Waals surface area contributed by atoms with E-state index >= 15 is 0 Å². The molecule has 41 heavy (non-hydrogen) atoms. The van der Waals surface area contributed by atoms with E-state index in [2.05, 4.69) is 15.2 Å². The van der Waals surface area contributed by atoms with E-state index in [0.717, 1.165) is 0 Å². The number of nitrogens with zero attached hydrogens (tertiary/aromatic N) is 4. The van der Waals surface area contributed by atoms with Gasteiger partial charge in [-0.05, 0) is 30.2 Å². The first kappa shape index (κ1) is 30.4. The molecule has 16 heteroatoms. The molecule has 1 aromatic carbocycles. The third-order valence-corrected chi connectivity index (χ3v) is 8.03. The van der Waals surface area contributed by atoms with Crippen molar-refractivity contribution in [3.05, 3.63) is 54.5 Å². The Kier molecular flexibility index (Phi) is 9.25. The number of hydrogen-bond donors (Lipinski definition) is 5. The molecule has 3 heterocycles. The van der Waals surface area contributed by atoms with Gasteiger partial charge < -0.3 is 35.7 Å². The molecule has 7 N–H and O–H groups in total. The number of aromatic nitrogens is 3. The SMILES string of the molecule is CC(C)[C@H](N)C(=O)OCCNP(=O)(OC[C@@]1(C#N)O[C@@H](c2ccc3c(N)ncnn23)[C@H](O)[C@@H]1O)Oc1ccccc1. The number of nitrogens with two attached hydrogens (primary N) is 2. The van der Waals surface area contributed by atoms with E-state index < -0.39 is 50.3 Å². The van der Waals surface area contributed by atoms with E-state index in [1.54, 1.807) is 44.2 Å². The van der Waals surface area contributed by atoms with Crippen molar-refractivity contribution in [3.63, 3.8) is 0 Å². The van der Waals surface area contributed by atoms with Gasteiger partial charge in [0.15, 0.2) is 5.82 Å². The van der Waals surface area contributed by atoms with Crippen LogP contribution in [0.5, 0.6) is 5.75 Å². The van der Waals surface area contributed by atoms with Crippen molar-refractivity contribution in [1.82, 2.24) is 19.7 Å². The molecule has 6 atom stereocenters. The van der Waals surface area contributed by atoms with Gasteiger partial charge in [-0.3, -0.25) is 9.32 Å². The number of rotatable bonds is 12. The maximum absolute atomic E-state index is 13.7. The molecule has 0 saturated carbocycles. The van der Waals surface area contributed by atoms with Crippen LogP contribution in [-0.4, -0.2) is 74.4 Å². The van der Waals surface area contributed by atoms with E-state index in [1.807, 2.05) is 6.07 Å². The number of para-hydroxylation sites is 1. The van der Waals surface area contributed by atoms with Gasteiger partial charge in [0.2, 0.25) is 5.60 Å². The number of aliphatic hydroxyl groups excluding tert-OH is 2. The van der Waals surface area contributed by atoms with E-state index in [4.69, 9.17) is 30.0 Å². The topological polar surface area (TPSA) is 230 Å². The number of carbonyl (C=O) groups excluding carboxylic acids is 1. The number of nitrogens with one attached hydrogen (secondary N) is 1. The molecule has 0 amide bonds. The number of fused-ring (bicyclic) bond motifs is 1. The van der Waals surface area contributed by atoms with Crippen LogP contribution < -0.4 is 21.1 Å². The Morgan fingerprint density at radius 3 is 2.71 bits per heavy atom.